The second-order valence-corrected chi connectivity index (χ2v) is 7.15. The molecule has 112 valence electrons. The number of hydrogen-bond acceptors (Lipinski definition) is 5. The second kappa shape index (κ2) is 5.45. The van der Waals surface area contributed by atoms with Crippen LogP contribution in [-0.2, 0) is 20.3 Å². The summed E-state index contributed by atoms with van der Waals surface area (Å²) in [6, 6.07) is 10.0. The molecule has 0 N–H and O–H groups in total. The quantitative estimate of drug-likeness (QED) is 0.635. The predicted molar refractivity (Wildman–Crippen MR) is 73.7 cm³/mol. The zero-order chi connectivity index (χ0) is 15.7. The molecule has 0 amide bonds. The summed E-state index contributed by atoms with van der Waals surface area (Å²) >= 11 is 0. The maximum Gasteiger partial charge on any atom is 0.339 e. The van der Waals surface area contributed by atoms with Crippen LogP contribution < -0.4 is 4.18 Å². The van der Waals surface area contributed by atoms with Gasteiger partial charge in [-0.2, -0.15) is 16.8 Å². The van der Waals surface area contributed by atoms with E-state index in [-0.39, 0.29) is 10.6 Å². The van der Waals surface area contributed by atoms with Gasteiger partial charge in [0.05, 0.1) is 4.90 Å². The zero-order valence-electron chi connectivity index (χ0n) is 10.9. The van der Waals surface area contributed by atoms with Crippen LogP contribution in [0.15, 0.2) is 58.3 Å². The lowest BCUT2D eigenvalue weighted by Gasteiger charge is -2.07. The summed E-state index contributed by atoms with van der Waals surface area (Å²) in [5, 5.41) is 0. The van der Waals surface area contributed by atoms with Crippen LogP contribution >= 0.6 is 0 Å². The van der Waals surface area contributed by atoms with Gasteiger partial charge < -0.3 is 4.18 Å². The summed E-state index contributed by atoms with van der Waals surface area (Å²) in [5.74, 6) is -0.108. The van der Waals surface area contributed by atoms with E-state index in [4.69, 9.17) is 4.18 Å². The average Bonchev–Trinajstić information content (AvgIpc) is 2.38. The molecule has 0 fully saturated rings. The normalized spacial score (nSPS) is 12.1. The van der Waals surface area contributed by atoms with Crippen molar-refractivity contribution in [3.8, 4) is 5.75 Å². The van der Waals surface area contributed by atoms with Crippen LogP contribution in [0.1, 0.15) is 5.56 Å². The fraction of sp³-hybridized carbons (Fsp3) is 0.0769. The number of aryl methyl sites for hydroxylation is 1. The molecule has 8 heteroatoms. The standard InChI is InChI=1S/C13H11FO5S2/c1-10-2-6-13(7-3-10)21(17,18)19-11-4-8-12(9-5-11)20(14,15)16/h2-9H,1H3. The Kier molecular flexibility index (Phi) is 4.02. The Morgan fingerprint density at radius 3 is 1.76 bits per heavy atom. The van der Waals surface area contributed by atoms with Crippen LogP contribution in [0.2, 0.25) is 0 Å². The van der Waals surface area contributed by atoms with Gasteiger partial charge in [-0.3, -0.25) is 0 Å². The highest BCUT2D eigenvalue weighted by Gasteiger charge is 2.17. The Balaban J connectivity index is 2.27. The minimum atomic E-state index is -4.83. The number of hydrogen-bond donors (Lipinski definition) is 0. The summed E-state index contributed by atoms with van der Waals surface area (Å²) in [5.41, 5.74) is 0.895. The average molecular weight is 330 g/mol. The first kappa shape index (κ1) is 15.5. The molecular formula is C13H11FO5S2. The monoisotopic (exact) mass is 330 g/mol. The third kappa shape index (κ3) is 3.79. The van der Waals surface area contributed by atoms with E-state index in [9.17, 15) is 20.7 Å². The summed E-state index contributed by atoms with van der Waals surface area (Å²) in [6.45, 7) is 1.81. The third-order valence-electron chi connectivity index (χ3n) is 2.62. The summed E-state index contributed by atoms with van der Waals surface area (Å²) in [7, 11) is -8.85. The molecule has 0 unspecified atom stereocenters. The topological polar surface area (TPSA) is 77.5 Å². The van der Waals surface area contributed by atoms with Gasteiger partial charge in [0.15, 0.2) is 0 Å². The summed E-state index contributed by atoms with van der Waals surface area (Å²) in [4.78, 5) is -0.599. The molecule has 0 radical (unpaired) electrons. The largest absolute Gasteiger partial charge is 0.379 e. The second-order valence-electron chi connectivity index (χ2n) is 4.26. The van der Waals surface area contributed by atoms with Crippen LogP contribution in [0.25, 0.3) is 0 Å². The van der Waals surface area contributed by atoms with E-state index in [2.05, 4.69) is 0 Å². The Bertz CT molecular complexity index is 838. The van der Waals surface area contributed by atoms with Crippen LogP contribution in [0.5, 0.6) is 5.75 Å². The maximum absolute atomic E-state index is 12.7. The van der Waals surface area contributed by atoms with Gasteiger partial charge in [-0.1, -0.05) is 17.7 Å². The predicted octanol–water partition coefficient (Wildman–Crippen LogP) is 2.42. The highest BCUT2D eigenvalue weighted by atomic mass is 32.3. The molecule has 0 spiro atoms. The van der Waals surface area contributed by atoms with Crippen molar-refractivity contribution in [2.45, 2.75) is 16.7 Å². The van der Waals surface area contributed by atoms with Crippen LogP contribution in [0, 0.1) is 6.92 Å². The van der Waals surface area contributed by atoms with E-state index in [1.54, 1.807) is 12.1 Å². The lowest BCUT2D eigenvalue weighted by molar-refractivity contribution is 0.486. The van der Waals surface area contributed by atoms with Crippen molar-refractivity contribution in [3.05, 3.63) is 54.1 Å². The Morgan fingerprint density at radius 2 is 1.29 bits per heavy atom. The van der Waals surface area contributed by atoms with Crippen molar-refractivity contribution in [3.63, 3.8) is 0 Å². The van der Waals surface area contributed by atoms with E-state index in [1.165, 1.54) is 12.1 Å². The first-order valence-corrected chi connectivity index (χ1v) is 8.53. The highest BCUT2D eigenvalue weighted by Crippen LogP contribution is 2.21. The maximum atomic E-state index is 12.7. The van der Waals surface area contributed by atoms with Crippen molar-refractivity contribution < 1.29 is 24.9 Å². The fourth-order valence-electron chi connectivity index (χ4n) is 1.54. The lowest BCUT2D eigenvalue weighted by atomic mass is 10.2. The van der Waals surface area contributed by atoms with Gasteiger partial charge in [0, 0.05) is 0 Å². The van der Waals surface area contributed by atoms with Gasteiger partial charge in [-0.15, -0.1) is 3.89 Å². The zero-order valence-corrected chi connectivity index (χ0v) is 12.5. The smallest absolute Gasteiger partial charge is 0.339 e. The lowest BCUT2D eigenvalue weighted by Crippen LogP contribution is -2.09. The van der Waals surface area contributed by atoms with Gasteiger partial charge in [-0.25, -0.2) is 0 Å². The molecular weight excluding hydrogens is 319 g/mol. The SMILES string of the molecule is Cc1ccc(S(=O)(=O)Oc2ccc(S(=O)(=O)F)cc2)cc1. The number of benzene rings is 2. The first-order valence-electron chi connectivity index (χ1n) is 5.74. The Morgan fingerprint density at radius 1 is 0.810 bits per heavy atom. The molecule has 5 nitrogen and oxygen atoms in total. The highest BCUT2D eigenvalue weighted by molar-refractivity contribution is 7.87. The van der Waals surface area contributed by atoms with Crippen molar-refractivity contribution in [1.82, 2.24) is 0 Å². The molecule has 0 aliphatic heterocycles. The molecule has 2 rings (SSSR count). The molecule has 21 heavy (non-hydrogen) atoms. The van der Waals surface area contributed by atoms with Crippen molar-refractivity contribution in [1.29, 1.82) is 0 Å². The van der Waals surface area contributed by atoms with Gasteiger partial charge in [0.2, 0.25) is 0 Å². The van der Waals surface area contributed by atoms with Crippen LogP contribution in [-0.4, -0.2) is 16.8 Å². The molecule has 0 saturated heterocycles. The summed E-state index contributed by atoms with van der Waals surface area (Å²) in [6.07, 6.45) is 0. The van der Waals surface area contributed by atoms with E-state index < -0.39 is 25.2 Å². The third-order valence-corrected chi connectivity index (χ3v) is 4.72. The number of halogens is 1. The van der Waals surface area contributed by atoms with Crippen molar-refractivity contribution >= 4 is 20.3 Å². The minimum absolute atomic E-state index is 0.0321. The molecule has 0 aromatic heterocycles. The first-order chi connectivity index (χ1) is 9.68. The van der Waals surface area contributed by atoms with E-state index in [1.807, 2.05) is 6.92 Å². The Hall–Kier alpha value is -1.93. The van der Waals surface area contributed by atoms with Gasteiger partial charge in [-0.05, 0) is 43.3 Å². The van der Waals surface area contributed by atoms with Crippen molar-refractivity contribution in [2.24, 2.45) is 0 Å². The molecule has 0 atom stereocenters. The van der Waals surface area contributed by atoms with Gasteiger partial charge in [0.1, 0.15) is 10.6 Å². The molecule has 0 saturated carbocycles. The molecule has 0 bridgehead atoms. The minimum Gasteiger partial charge on any atom is -0.379 e. The van der Waals surface area contributed by atoms with E-state index >= 15 is 0 Å². The van der Waals surface area contributed by atoms with Gasteiger partial charge >= 0.3 is 20.3 Å². The number of rotatable bonds is 4. The van der Waals surface area contributed by atoms with Crippen molar-refractivity contribution in [2.75, 3.05) is 0 Å². The molecule has 0 heterocycles. The van der Waals surface area contributed by atoms with Gasteiger partial charge in [0.25, 0.3) is 0 Å². The Labute approximate surface area is 122 Å². The molecule has 0 aliphatic carbocycles. The fourth-order valence-corrected chi connectivity index (χ4v) is 2.93. The molecule has 2 aromatic rings. The summed E-state index contributed by atoms with van der Waals surface area (Å²) < 4.78 is 62.8. The molecule has 0 aliphatic rings. The molecule has 2 aromatic carbocycles. The van der Waals surface area contributed by atoms with Crippen LogP contribution in [0.3, 0.4) is 0 Å². The van der Waals surface area contributed by atoms with E-state index in [0.717, 1.165) is 29.8 Å². The van der Waals surface area contributed by atoms with E-state index in [0.29, 0.717) is 0 Å². The van der Waals surface area contributed by atoms with Crippen LogP contribution in [0.4, 0.5) is 3.89 Å².